The zero-order valence-electron chi connectivity index (χ0n) is 21.6. The first-order valence-electron chi connectivity index (χ1n) is 12.8. The zero-order chi connectivity index (χ0) is 25.0. The van der Waals surface area contributed by atoms with Crippen molar-refractivity contribution in [2.24, 2.45) is 0 Å². The maximum absolute atomic E-state index is 6.33. The summed E-state index contributed by atoms with van der Waals surface area (Å²) in [6, 6.07) is 23.5. The Hall–Kier alpha value is -3.72. The van der Waals surface area contributed by atoms with E-state index in [1.54, 1.807) is 0 Å². The first-order valence-corrected chi connectivity index (χ1v) is 12.8. The van der Waals surface area contributed by atoms with Crippen molar-refractivity contribution in [3.8, 4) is 0 Å². The summed E-state index contributed by atoms with van der Waals surface area (Å²) in [4.78, 5) is 0. The van der Waals surface area contributed by atoms with Crippen molar-refractivity contribution in [3.05, 3.63) is 107 Å². The van der Waals surface area contributed by atoms with Crippen LogP contribution < -0.4 is 0 Å². The van der Waals surface area contributed by atoms with Gasteiger partial charge in [0.2, 0.25) is 0 Å². The molecular weight excluding hydrogens is 444 g/mol. The first-order chi connectivity index (χ1) is 17.3. The molecule has 0 aliphatic carbocycles. The molecule has 182 valence electrons. The van der Waals surface area contributed by atoms with Crippen molar-refractivity contribution >= 4 is 32.7 Å². The van der Waals surface area contributed by atoms with Crippen LogP contribution in [0.2, 0.25) is 0 Å². The van der Waals surface area contributed by atoms with Crippen LogP contribution in [0, 0.1) is 0 Å². The molecule has 3 aromatic carbocycles. The molecule has 3 heterocycles. The quantitative estimate of drug-likeness (QED) is 0.240. The third-order valence-electron chi connectivity index (χ3n) is 7.68. The lowest BCUT2D eigenvalue weighted by atomic mass is 9.80. The number of benzene rings is 3. The van der Waals surface area contributed by atoms with Gasteiger partial charge in [-0.05, 0) is 55.5 Å². The van der Waals surface area contributed by atoms with Gasteiger partial charge < -0.3 is 13.3 Å². The minimum atomic E-state index is -0.274. The Bertz CT molecular complexity index is 1690. The fraction of sp³-hybridized carbons (Fsp3) is 0.273. The highest BCUT2D eigenvalue weighted by molar-refractivity contribution is 5.86. The van der Waals surface area contributed by atoms with Gasteiger partial charge in [0.15, 0.2) is 0 Å². The molecule has 3 aromatic heterocycles. The monoisotopic (exact) mass is 476 g/mol. The highest BCUT2D eigenvalue weighted by atomic mass is 16.3. The predicted octanol–water partition coefficient (Wildman–Crippen LogP) is 9.72. The van der Waals surface area contributed by atoms with E-state index in [0.29, 0.717) is 5.92 Å². The maximum Gasteiger partial charge on any atom is 0.137 e. The normalized spacial score (nSPS) is 13.4. The highest BCUT2D eigenvalue weighted by Gasteiger charge is 2.29. The molecule has 0 radical (unpaired) electrons. The van der Waals surface area contributed by atoms with Crippen molar-refractivity contribution in [3.63, 3.8) is 0 Å². The van der Waals surface area contributed by atoms with Crippen LogP contribution in [0.15, 0.2) is 92.5 Å². The van der Waals surface area contributed by atoms with Crippen LogP contribution >= 0.6 is 0 Å². The summed E-state index contributed by atoms with van der Waals surface area (Å²) in [6.45, 7) is 11.1. The minimum absolute atomic E-state index is 0.223. The molecule has 1 atom stereocenters. The number of rotatable bonds is 6. The second kappa shape index (κ2) is 8.44. The molecule has 0 aliphatic rings. The Kier molecular flexibility index (Phi) is 5.33. The van der Waals surface area contributed by atoms with E-state index in [4.69, 9.17) is 13.3 Å². The Labute approximate surface area is 211 Å². The summed E-state index contributed by atoms with van der Waals surface area (Å²) in [5, 5.41) is 4.64. The topological polar surface area (TPSA) is 39.4 Å². The van der Waals surface area contributed by atoms with E-state index in [9.17, 15) is 0 Å². The van der Waals surface area contributed by atoms with E-state index in [0.717, 1.165) is 45.3 Å². The van der Waals surface area contributed by atoms with E-state index in [2.05, 4.69) is 95.3 Å². The molecule has 6 rings (SSSR count). The smallest absolute Gasteiger partial charge is 0.137 e. The van der Waals surface area contributed by atoms with Crippen LogP contribution in [-0.4, -0.2) is 0 Å². The molecule has 0 aliphatic heterocycles. The summed E-state index contributed by atoms with van der Waals surface area (Å²) in [5.41, 5.74) is 5.33. The van der Waals surface area contributed by atoms with Gasteiger partial charge in [-0.1, -0.05) is 69.3 Å². The summed E-state index contributed by atoms with van der Waals surface area (Å²) in [5.74, 6) is 2.64. The molecule has 0 saturated carbocycles. The van der Waals surface area contributed by atoms with Gasteiger partial charge in [0.05, 0.1) is 12.5 Å². The van der Waals surface area contributed by atoms with Gasteiger partial charge in [0.25, 0.3) is 0 Å². The van der Waals surface area contributed by atoms with Crippen molar-refractivity contribution in [2.45, 2.75) is 58.3 Å². The Morgan fingerprint density at radius 3 is 2.42 bits per heavy atom. The molecule has 3 nitrogen and oxygen atoms in total. The number of hydrogen-bond acceptors (Lipinski definition) is 3. The number of para-hydroxylation sites is 1. The highest BCUT2D eigenvalue weighted by Crippen LogP contribution is 2.39. The molecule has 6 aromatic rings. The van der Waals surface area contributed by atoms with Crippen molar-refractivity contribution in [1.82, 2.24) is 0 Å². The molecule has 0 N–H and O–H groups in total. The summed E-state index contributed by atoms with van der Waals surface area (Å²) in [7, 11) is 0. The van der Waals surface area contributed by atoms with Crippen molar-refractivity contribution in [2.75, 3.05) is 0 Å². The number of furan rings is 3. The van der Waals surface area contributed by atoms with Crippen LogP contribution in [0.5, 0.6) is 0 Å². The van der Waals surface area contributed by atoms with E-state index in [1.807, 2.05) is 18.6 Å². The second-order valence-electron chi connectivity index (χ2n) is 10.9. The average molecular weight is 477 g/mol. The third kappa shape index (κ3) is 3.65. The zero-order valence-corrected chi connectivity index (χ0v) is 21.6. The first kappa shape index (κ1) is 22.7. The van der Waals surface area contributed by atoms with Crippen molar-refractivity contribution < 1.29 is 13.3 Å². The van der Waals surface area contributed by atoms with Crippen LogP contribution in [-0.2, 0) is 11.8 Å². The summed E-state index contributed by atoms with van der Waals surface area (Å²) in [6.07, 6.45) is 4.63. The average Bonchev–Trinajstić information content (AvgIpc) is 3.60. The van der Waals surface area contributed by atoms with Gasteiger partial charge in [-0.3, -0.25) is 0 Å². The van der Waals surface area contributed by atoms with Crippen LogP contribution in [0.3, 0.4) is 0 Å². The van der Waals surface area contributed by atoms with Crippen LogP contribution in [0.25, 0.3) is 32.7 Å². The van der Waals surface area contributed by atoms with E-state index < -0.39 is 0 Å². The molecule has 36 heavy (non-hydrogen) atoms. The molecule has 0 saturated heterocycles. The van der Waals surface area contributed by atoms with Crippen LogP contribution in [0.4, 0.5) is 0 Å². The van der Waals surface area contributed by atoms with Gasteiger partial charge in [0, 0.05) is 38.4 Å². The molecule has 0 fully saturated rings. The molecule has 3 heteroatoms. The molecule has 0 bridgehead atoms. The third-order valence-corrected chi connectivity index (χ3v) is 7.68. The van der Waals surface area contributed by atoms with Crippen LogP contribution in [0.1, 0.15) is 74.7 Å². The van der Waals surface area contributed by atoms with Crippen molar-refractivity contribution in [1.29, 1.82) is 0 Å². The van der Waals surface area contributed by atoms with E-state index in [-0.39, 0.29) is 11.3 Å². The summed E-state index contributed by atoms with van der Waals surface area (Å²) >= 11 is 0. The van der Waals surface area contributed by atoms with Gasteiger partial charge in [-0.2, -0.15) is 0 Å². The lowest BCUT2D eigenvalue weighted by Gasteiger charge is -2.23. The van der Waals surface area contributed by atoms with Gasteiger partial charge in [-0.15, -0.1) is 0 Å². The second-order valence-corrected chi connectivity index (χ2v) is 10.9. The Morgan fingerprint density at radius 2 is 1.58 bits per heavy atom. The maximum atomic E-state index is 6.33. The molecule has 1 unspecified atom stereocenters. The van der Waals surface area contributed by atoms with E-state index >= 15 is 0 Å². The fourth-order valence-electron chi connectivity index (χ4n) is 5.48. The summed E-state index contributed by atoms with van der Waals surface area (Å²) < 4.78 is 18.4. The molecular formula is C33H32O3. The largest absolute Gasteiger partial charge is 0.467 e. The lowest BCUT2D eigenvalue weighted by molar-refractivity contribution is 0.435. The number of fused-ring (bicyclic) bond motifs is 3. The van der Waals surface area contributed by atoms with Gasteiger partial charge in [0.1, 0.15) is 22.7 Å². The minimum Gasteiger partial charge on any atom is -0.467 e. The fourth-order valence-corrected chi connectivity index (χ4v) is 5.48. The molecule has 0 spiro atoms. The van der Waals surface area contributed by atoms with E-state index in [1.165, 1.54) is 22.1 Å². The number of hydrogen-bond donors (Lipinski definition) is 0. The van der Waals surface area contributed by atoms with Gasteiger partial charge >= 0.3 is 0 Å². The molecule has 0 amide bonds. The predicted molar refractivity (Wildman–Crippen MR) is 147 cm³/mol. The SMILES string of the molecule is CC(C)c1coc2c(CC(C)c3cc4cc(C(C)(C)c5occ6ccccc56)ccc4o3)cccc12. The lowest BCUT2D eigenvalue weighted by Crippen LogP contribution is -2.18. The van der Waals surface area contributed by atoms with Gasteiger partial charge in [-0.25, -0.2) is 0 Å². The Morgan fingerprint density at radius 1 is 0.778 bits per heavy atom. The standard InChI is InChI=1S/C33H32O3/c1-20(2)28-19-34-31-22(10-8-12-27(28)31)15-21(3)30-17-24-16-25(13-14-29(24)36-30)33(4,5)32-26-11-7-6-9-23(26)18-35-32/h6-14,16-21H,15H2,1-5H3. The Balaban J connectivity index is 1.32.